The van der Waals surface area contributed by atoms with Crippen LogP contribution in [0, 0.1) is 0 Å². The van der Waals surface area contributed by atoms with Crippen LogP contribution in [0.1, 0.15) is 65.4 Å². The summed E-state index contributed by atoms with van der Waals surface area (Å²) in [5.74, 6) is 0.219. The van der Waals surface area contributed by atoms with Gasteiger partial charge in [0.1, 0.15) is 18.1 Å². The van der Waals surface area contributed by atoms with Crippen molar-refractivity contribution in [2.75, 3.05) is 33.0 Å². The van der Waals surface area contributed by atoms with Gasteiger partial charge in [0.15, 0.2) is 6.61 Å². The summed E-state index contributed by atoms with van der Waals surface area (Å²) in [5.41, 5.74) is 2.45. The van der Waals surface area contributed by atoms with Gasteiger partial charge in [0.25, 0.3) is 0 Å². The number of nitrogens with one attached hydrogen (secondary N) is 2. The second kappa shape index (κ2) is 16.3. The highest BCUT2D eigenvalue weighted by molar-refractivity contribution is 6.76. The number of rotatable bonds is 14. The first-order chi connectivity index (χ1) is 21.8. The van der Waals surface area contributed by atoms with E-state index in [4.69, 9.17) is 23.7 Å². The van der Waals surface area contributed by atoms with Crippen LogP contribution in [0.2, 0.25) is 25.7 Å². The summed E-state index contributed by atoms with van der Waals surface area (Å²) in [7, 11) is -1.19. The molecule has 1 amide bonds. The molecule has 2 aliphatic rings. The Bertz CT molecular complexity index is 1350. The fourth-order valence-electron chi connectivity index (χ4n) is 5.65. The number of hydrogen-bond donors (Lipinski definition) is 2. The van der Waals surface area contributed by atoms with E-state index in [2.05, 4.69) is 47.5 Å². The van der Waals surface area contributed by atoms with E-state index in [1.54, 1.807) is 6.92 Å². The third-order valence-corrected chi connectivity index (χ3v) is 9.81. The van der Waals surface area contributed by atoms with Crippen molar-refractivity contribution in [3.05, 3.63) is 30.0 Å². The lowest BCUT2D eigenvalue weighted by Crippen LogP contribution is -2.56. The zero-order valence-electron chi connectivity index (χ0n) is 28.8. The van der Waals surface area contributed by atoms with E-state index in [1.807, 2.05) is 37.7 Å². The summed E-state index contributed by atoms with van der Waals surface area (Å²) in [6.45, 7) is 17.0. The van der Waals surface area contributed by atoms with Crippen molar-refractivity contribution in [1.29, 1.82) is 0 Å². The van der Waals surface area contributed by atoms with Crippen molar-refractivity contribution < 1.29 is 33.3 Å². The van der Waals surface area contributed by atoms with Gasteiger partial charge >= 0.3 is 12.1 Å². The molecule has 0 bridgehead atoms. The zero-order chi connectivity index (χ0) is 33.3. The quantitative estimate of drug-likeness (QED) is 0.145. The Hall–Kier alpha value is -2.93. The number of aromatic nitrogens is 2. The van der Waals surface area contributed by atoms with Crippen molar-refractivity contribution in [3.63, 3.8) is 0 Å². The molecule has 1 aromatic carbocycles. The van der Waals surface area contributed by atoms with Crippen molar-refractivity contribution >= 4 is 36.6 Å². The molecule has 0 spiro atoms. The Labute approximate surface area is 274 Å². The number of carbonyl (C=O) groups excluding carboxylic acids is 2. The SMILES string of the molecule is CCOC(=O)COc1cc2c(cnn2COCC[Si](C)(C)C)cc1C1=CCC(OC[C@@H]2NCCC[C@@H]2NC(=O)OC(C)(C)C)CC1. The number of esters is 1. The van der Waals surface area contributed by atoms with Gasteiger partial charge in [-0.3, -0.25) is 0 Å². The van der Waals surface area contributed by atoms with Gasteiger partial charge < -0.3 is 34.3 Å². The number of nitrogens with zero attached hydrogens (tertiary/aromatic N) is 2. The van der Waals surface area contributed by atoms with Crippen LogP contribution in [0.5, 0.6) is 5.75 Å². The van der Waals surface area contributed by atoms with Gasteiger partial charge in [-0.1, -0.05) is 25.7 Å². The van der Waals surface area contributed by atoms with Crippen molar-refractivity contribution in [2.45, 2.75) is 116 Å². The third kappa shape index (κ3) is 11.1. The van der Waals surface area contributed by atoms with Gasteiger partial charge in [-0.15, -0.1) is 0 Å². The molecule has 2 N–H and O–H groups in total. The molecule has 2 aromatic rings. The van der Waals surface area contributed by atoms with Crippen LogP contribution in [0.4, 0.5) is 4.79 Å². The second-order valence-electron chi connectivity index (χ2n) is 14.4. The maximum Gasteiger partial charge on any atom is 0.407 e. The van der Waals surface area contributed by atoms with E-state index in [0.29, 0.717) is 32.3 Å². The number of ether oxygens (including phenoxy) is 5. The van der Waals surface area contributed by atoms with E-state index in [-0.39, 0.29) is 24.8 Å². The highest BCUT2D eigenvalue weighted by Crippen LogP contribution is 2.37. The number of amides is 1. The number of allylic oxidation sites excluding steroid dienone is 1. The van der Waals surface area contributed by atoms with Gasteiger partial charge in [0.05, 0.1) is 37.1 Å². The van der Waals surface area contributed by atoms with Gasteiger partial charge in [-0.05, 0) is 84.0 Å². The first-order valence-corrected chi connectivity index (χ1v) is 20.4. The molecule has 12 heteroatoms. The average Bonchev–Trinajstić information content (AvgIpc) is 3.38. The fraction of sp³-hybridized carbons (Fsp3) is 0.676. The minimum absolute atomic E-state index is 0.0213. The zero-order valence-corrected chi connectivity index (χ0v) is 29.8. The molecule has 3 atom stereocenters. The summed E-state index contributed by atoms with van der Waals surface area (Å²) in [6, 6.07) is 5.11. The Kier molecular flexibility index (Phi) is 12.7. The molecule has 1 fully saturated rings. The number of piperidine rings is 1. The molecule has 11 nitrogen and oxygen atoms in total. The minimum atomic E-state index is -1.19. The third-order valence-electron chi connectivity index (χ3n) is 8.11. The summed E-state index contributed by atoms with van der Waals surface area (Å²) in [6.07, 6.45) is 8.01. The first kappa shape index (κ1) is 35.9. The first-order valence-electron chi connectivity index (χ1n) is 16.7. The Morgan fingerprint density at radius 3 is 2.67 bits per heavy atom. The maximum absolute atomic E-state index is 12.4. The molecular weight excluding hydrogens is 604 g/mol. The van der Waals surface area contributed by atoms with Crippen LogP contribution in [-0.4, -0.2) is 86.7 Å². The Balaban J connectivity index is 1.42. The molecule has 1 saturated heterocycles. The number of hydrogen-bond acceptors (Lipinski definition) is 9. The van der Waals surface area contributed by atoms with Crippen molar-refractivity contribution in [3.8, 4) is 5.75 Å². The van der Waals surface area contributed by atoms with Gasteiger partial charge in [-0.25, -0.2) is 14.3 Å². The van der Waals surface area contributed by atoms with E-state index < -0.39 is 25.7 Å². The number of alkyl carbamates (subject to hydrolysis) is 1. The van der Waals surface area contributed by atoms with Gasteiger partial charge in [0, 0.05) is 37.7 Å². The molecule has 1 aliphatic heterocycles. The average molecular weight is 659 g/mol. The van der Waals surface area contributed by atoms with E-state index in [1.165, 1.54) is 0 Å². The Morgan fingerprint density at radius 1 is 1.17 bits per heavy atom. The molecule has 1 aliphatic carbocycles. The monoisotopic (exact) mass is 658 g/mol. The number of fused-ring (bicyclic) bond motifs is 1. The van der Waals surface area contributed by atoms with Gasteiger partial charge in [-0.2, -0.15) is 5.10 Å². The van der Waals surface area contributed by atoms with E-state index in [0.717, 1.165) is 66.7 Å². The standard InChI is InChI=1S/C34H54N4O7Si/c1-8-42-32(39)22-44-31-19-30-25(20-36-38(30)23-41-16-17-46(5,6)7)18-27(31)24-11-13-26(14-12-24)43-21-29-28(10-9-15-35-29)37-33(40)45-34(2,3)4/h11,18-20,26,28-29,35H,8-10,12-17,21-23H2,1-7H3,(H,37,40)/t26?,28-,29-/m0/s1. The number of benzene rings is 1. The highest BCUT2D eigenvalue weighted by Gasteiger charge is 2.30. The van der Waals surface area contributed by atoms with Crippen LogP contribution in [0.3, 0.4) is 0 Å². The molecule has 46 heavy (non-hydrogen) atoms. The summed E-state index contributed by atoms with van der Waals surface area (Å²) in [5, 5.41) is 12.1. The molecule has 1 unspecified atom stereocenters. The lowest BCUT2D eigenvalue weighted by Gasteiger charge is -2.35. The molecule has 256 valence electrons. The van der Waals surface area contributed by atoms with Crippen LogP contribution in [-0.2, 0) is 30.5 Å². The van der Waals surface area contributed by atoms with E-state index in [9.17, 15) is 9.59 Å². The predicted molar refractivity (Wildman–Crippen MR) is 182 cm³/mol. The summed E-state index contributed by atoms with van der Waals surface area (Å²) >= 11 is 0. The lowest BCUT2D eigenvalue weighted by atomic mass is 9.90. The molecule has 1 aromatic heterocycles. The van der Waals surface area contributed by atoms with Crippen LogP contribution < -0.4 is 15.4 Å². The van der Waals surface area contributed by atoms with Crippen molar-refractivity contribution in [1.82, 2.24) is 20.4 Å². The normalized spacial score (nSPS) is 20.7. The fourth-order valence-corrected chi connectivity index (χ4v) is 6.41. The summed E-state index contributed by atoms with van der Waals surface area (Å²) < 4.78 is 30.8. The van der Waals surface area contributed by atoms with Crippen LogP contribution >= 0.6 is 0 Å². The topological polar surface area (TPSA) is 122 Å². The molecule has 4 rings (SSSR count). The van der Waals surface area contributed by atoms with Crippen LogP contribution in [0.15, 0.2) is 24.4 Å². The summed E-state index contributed by atoms with van der Waals surface area (Å²) in [4.78, 5) is 24.6. The smallest absolute Gasteiger partial charge is 0.407 e. The molecule has 2 heterocycles. The maximum atomic E-state index is 12.4. The van der Waals surface area contributed by atoms with Gasteiger partial charge in [0.2, 0.25) is 0 Å². The molecule has 0 radical (unpaired) electrons. The second-order valence-corrected chi connectivity index (χ2v) is 20.0. The predicted octanol–water partition coefficient (Wildman–Crippen LogP) is 5.89. The molecular formula is C34H54N4O7Si. The van der Waals surface area contributed by atoms with Crippen LogP contribution in [0.25, 0.3) is 16.5 Å². The minimum Gasteiger partial charge on any atom is -0.481 e. The lowest BCUT2D eigenvalue weighted by molar-refractivity contribution is -0.145. The largest absolute Gasteiger partial charge is 0.481 e. The number of carbonyl (C=O) groups is 2. The molecule has 0 saturated carbocycles. The highest BCUT2D eigenvalue weighted by atomic mass is 28.3. The van der Waals surface area contributed by atoms with Crippen molar-refractivity contribution in [2.24, 2.45) is 0 Å². The Morgan fingerprint density at radius 2 is 1.98 bits per heavy atom. The van der Waals surface area contributed by atoms with E-state index >= 15 is 0 Å².